The fraction of sp³-hybridized carbons (Fsp3) is 0.611. The first-order valence-electron chi connectivity index (χ1n) is 8.24. The van der Waals surface area contributed by atoms with Crippen molar-refractivity contribution in [1.82, 2.24) is 4.90 Å². The average Bonchev–Trinajstić information content (AvgIpc) is 3.01. The van der Waals surface area contributed by atoms with Gasteiger partial charge in [-0.15, -0.1) is 0 Å². The molecule has 0 N–H and O–H groups in total. The molecule has 1 aromatic carbocycles. The summed E-state index contributed by atoms with van der Waals surface area (Å²) in [6, 6.07) is 8.13. The van der Waals surface area contributed by atoms with Crippen molar-refractivity contribution in [1.29, 1.82) is 0 Å². The van der Waals surface area contributed by atoms with Gasteiger partial charge in [0.15, 0.2) is 5.78 Å². The number of hydrogen-bond donors (Lipinski definition) is 0. The third kappa shape index (κ3) is 3.09. The molecule has 0 spiro atoms. The van der Waals surface area contributed by atoms with Crippen LogP contribution < -0.4 is 0 Å². The van der Waals surface area contributed by atoms with Crippen LogP contribution in [0.2, 0.25) is 0 Å². The SMILES string of the molecule is O=C(Cc1ccccc1Br)C1(N2CCCCC2)CCCC1. The highest BCUT2D eigenvalue weighted by Crippen LogP contribution is 2.39. The van der Waals surface area contributed by atoms with Gasteiger partial charge in [-0.25, -0.2) is 0 Å². The van der Waals surface area contributed by atoms with E-state index in [0.717, 1.165) is 36.0 Å². The zero-order valence-electron chi connectivity index (χ0n) is 12.6. The molecular weight excluding hydrogens is 326 g/mol. The topological polar surface area (TPSA) is 20.3 Å². The minimum atomic E-state index is -0.157. The summed E-state index contributed by atoms with van der Waals surface area (Å²) in [5.41, 5.74) is 0.973. The lowest BCUT2D eigenvalue weighted by Crippen LogP contribution is -2.55. The molecule has 1 saturated carbocycles. The van der Waals surface area contributed by atoms with Crippen molar-refractivity contribution >= 4 is 21.7 Å². The molecule has 0 amide bonds. The fourth-order valence-corrected chi connectivity index (χ4v) is 4.46. The van der Waals surface area contributed by atoms with Gasteiger partial charge >= 0.3 is 0 Å². The lowest BCUT2D eigenvalue weighted by Gasteiger charge is -2.42. The Morgan fingerprint density at radius 3 is 2.38 bits per heavy atom. The van der Waals surface area contributed by atoms with Crippen LogP contribution in [0, 0.1) is 0 Å². The lowest BCUT2D eigenvalue weighted by molar-refractivity contribution is -0.131. The minimum absolute atomic E-state index is 0.157. The number of carbonyl (C=O) groups is 1. The summed E-state index contributed by atoms with van der Waals surface area (Å²) in [5, 5.41) is 0. The number of piperidine rings is 1. The molecule has 3 heteroatoms. The molecule has 1 aromatic rings. The number of carbonyl (C=O) groups excluding carboxylic acids is 1. The molecular formula is C18H24BrNO. The van der Waals surface area contributed by atoms with Crippen LogP contribution in [-0.2, 0) is 11.2 Å². The van der Waals surface area contributed by atoms with Gasteiger partial charge in [-0.05, 0) is 50.4 Å². The molecule has 0 bridgehead atoms. The van der Waals surface area contributed by atoms with E-state index in [4.69, 9.17) is 0 Å². The van der Waals surface area contributed by atoms with Crippen LogP contribution in [0.1, 0.15) is 50.5 Å². The van der Waals surface area contributed by atoms with Crippen LogP contribution in [0.5, 0.6) is 0 Å². The first-order chi connectivity index (χ1) is 10.2. The Hall–Kier alpha value is -0.670. The Morgan fingerprint density at radius 2 is 1.71 bits per heavy atom. The standard InChI is InChI=1S/C18H24BrNO/c19-16-9-3-2-8-15(16)14-17(21)18(10-4-5-11-18)20-12-6-1-7-13-20/h2-3,8-9H,1,4-7,10-14H2. The summed E-state index contributed by atoms with van der Waals surface area (Å²) in [6.07, 6.45) is 8.94. The van der Waals surface area contributed by atoms with E-state index < -0.39 is 0 Å². The Kier molecular flexibility index (Phi) is 4.80. The number of halogens is 1. The maximum absolute atomic E-state index is 13.1. The Labute approximate surface area is 136 Å². The van der Waals surface area contributed by atoms with Crippen molar-refractivity contribution in [3.05, 3.63) is 34.3 Å². The van der Waals surface area contributed by atoms with Gasteiger partial charge in [-0.3, -0.25) is 9.69 Å². The number of rotatable bonds is 4. The molecule has 0 aromatic heterocycles. The van der Waals surface area contributed by atoms with Gasteiger partial charge in [0.05, 0.1) is 5.54 Å². The van der Waals surface area contributed by atoms with Gasteiger partial charge in [0, 0.05) is 10.9 Å². The highest BCUT2D eigenvalue weighted by molar-refractivity contribution is 9.10. The molecule has 0 radical (unpaired) electrons. The molecule has 0 atom stereocenters. The maximum Gasteiger partial charge on any atom is 0.157 e. The summed E-state index contributed by atoms with van der Waals surface area (Å²) in [6.45, 7) is 2.23. The molecule has 2 aliphatic rings. The van der Waals surface area contributed by atoms with Crippen LogP contribution in [0.3, 0.4) is 0 Å². The molecule has 1 saturated heterocycles. The molecule has 21 heavy (non-hydrogen) atoms. The molecule has 2 fully saturated rings. The summed E-state index contributed by atoms with van der Waals surface area (Å²) in [7, 11) is 0. The van der Waals surface area contributed by atoms with Crippen LogP contribution in [-0.4, -0.2) is 29.3 Å². The molecule has 3 rings (SSSR count). The first-order valence-corrected chi connectivity index (χ1v) is 9.03. The van der Waals surface area contributed by atoms with E-state index in [0.29, 0.717) is 12.2 Å². The smallest absolute Gasteiger partial charge is 0.157 e. The van der Waals surface area contributed by atoms with Gasteiger partial charge in [0.25, 0.3) is 0 Å². The average molecular weight is 350 g/mol. The molecule has 0 unspecified atom stereocenters. The second kappa shape index (κ2) is 6.62. The number of Topliss-reactive ketones (excluding diaryl/α,β-unsaturated/α-hetero) is 1. The van der Waals surface area contributed by atoms with Crippen molar-refractivity contribution in [2.75, 3.05) is 13.1 Å². The Morgan fingerprint density at radius 1 is 1.05 bits per heavy atom. The molecule has 1 aliphatic heterocycles. The van der Waals surface area contributed by atoms with Crippen LogP contribution >= 0.6 is 15.9 Å². The quantitative estimate of drug-likeness (QED) is 0.804. The zero-order valence-corrected chi connectivity index (χ0v) is 14.2. The second-order valence-corrected chi connectivity index (χ2v) is 7.33. The van der Waals surface area contributed by atoms with E-state index in [1.165, 1.54) is 32.1 Å². The third-order valence-corrected chi connectivity index (χ3v) is 5.99. The minimum Gasteiger partial charge on any atom is -0.297 e. The summed E-state index contributed by atoms with van der Waals surface area (Å²) >= 11 is 3.58. The molecule has 114 valence electrons. The summed E-state index contributed by atoms with van der Waals surface area (Å²) in [4.78, 5) is 15.6. The van der Waals surface area contributed by atoms with Crippen LogP contribution in [0.4, 0.5) is 0 Å². The lowest BCUT2D eigenvalue weighted by atomic mass is 9.85. The van der Waals surface area contributed by atoms with Gasteiger partial charge in [0.2, 0.25) is 0 Å². The number of nitrogens with zero attached hydrogens (tertiary/aromatic N) is 1. The fourth-order valence-electron chi connectivity index (χ4n) is 4.03. The normalized spacial score (nSPS) is 22.3. The number of ketones is 1. The van der Waals surface area contributed by atoms with Gasteiger partial charge in [0.1, 0.15) is 0 Å². The van der Waals surface area contributed by atoms with E-state index in [1.807, 2.05) is 18.2 Å². The molecule has 1 aliphatic carbocycles. The van der Waals surface area contributed by atoms with Crippen LogP contribution in [0.25, 0.3) is 0 Å². The number of likely N-dealkylation sites (tertiary alicyclic amines) is 1. The number of benzene rings is 1. The second-order valence-electron chi connectivity index (χ2n) is 6.48. The maximum atomic E-state index is 13.1. The Bertz CT molecular complexity index is 502. The highest BCUT2D eigenvalue weighted by Gasteiger charge is 2.45. The van der Waals surface area contributed by atoms with Crippen molar-refractivity contribution in [3.8, 4) is 0 Å². The molecule has 2 nitrogen and oxygen atoms in total. The van der Waals surface area contributed by atoms with Crippen LogP contribution in [0.15, 0.2) is 28.7 Å². The van der Waals surface area contributed by atoms with Gasteiger partial charge in [-0.2, -0.15) is 0 Å². The zero-order chi connectivity index (χ0) is 14.7. The highest BCUT2D eigenvalue weighted by atomic mass is 79.9. The summed E-state index contributed by atoms with van der Waals surface area (Å²) in [5.74, 6) is 0.439. The van der Waals surface area contributed by atoms with E-state index in [1.54, 1.807) is 0 Å². The summed E-state index contributed by atoms with van der Waals surface area (Å²) < 4.78 is 1.06. The van der Waals surface area contributed by atoms with E-state index in [9.17, 15) is 4.79 Å². The first kappa shape index (κ1) is 15.2. The van der Waals surface area contributed by atoms with E-state index in [2.05, 4.69) is 26.9 Å². The van der Waals surface area contributed by atoms with Gasteiger partial charge < -0.3 is 0 Å². The Balaban J connectivity index is 1.80. The van der Waals surface area contributed by atoms with Crippen molar-refractivity contribution in [2.24, 2.45) is 0 Å². The largest absolute Gasteiger partial charge is 0.297 e. The van der Waals surface area contributed by atoms with E-state index in [-0.39, 0.29) is 5.54 Å². The third-order valence-electron chi connectivity index (χ3n) is 5.22. The monoisotopic (exact) mass is 349 g/mol. The van der Waals surface area contributed by atoms with Crippen molar-refractivity contribution < 1.29 is 4.79 Å². The van der Waals surface area contributed by atoms with Gasteiger partial charge in [-0.1, -0.05) is 53.4 Å². The predicted octanol–water partition coefficient (Wildman–Crippen LogP) is 4.36. The predicted molar refractivity (Wildman–Crippen MR) is 89.5 cm³/mol. The molecule has 1 heterocycles. The van der Waals surface area contributed by atoms with Crippen molar-refractivity contribution in [3.63, 3.8) is 0 Å². The number of hydrogen-bond acceptors (Lipinski definition) is 2. The van der Waals surface area contributed by atoms with E-state index >= 15 is 0 Å². The van der Waals surface area contributed by atoms with Crippen molar-refractivity contribution in [2.45, 2.75) is 56.9 Å².